The van der Waals surface area contributed by atoms with Gasteiger partial charge in [0.1, 0.15) is 0 Å². The van der Waals surface area contributed by atoms with Gasteiger partial charge in [0, 0.05) is 19.3 Å². The average Bonchev–Trinajstić information content (AvgIpc) is 3.36. The van der Waals surface area contributed by atoms with Crippen LogP contribution in [0, 0.1) is 0 Å². The maximum Gasteiger partial charge on any atom is 0.243 e. The third kappa shape index (κ3) is 3.60. The predicted molar refractivity (Wildman–Crippen MR) is 104 cm³/mol. The Kier molecular flexibility index (Phi) is 4.94. The van der Waals surface area contributed by atoms with Gasteiger partial charge in [0.25, 0.3) is 0 Å². The molecule has 0 N–H and O–H groups in total. The van der Waals surface area contributed by atoms with Crippen LogP contribution in [0.1, 0.15) is 12.5 Å². The van der Waals surface area contributed by atoms with E-state index in [0.29, 0.717) is 29.6 Å². The predicted octanol–water partition coefficient (Wildman–Crippen LogP) is 3.89. The quantitative estimate of drug-likeness (QED) is 0.639. The third-order valence-electron chi connectivity index (χ3n) is 4.69. The van der Waals surface area contributed by atoms with Crippen molar-refractivity contribution in [2.75, 3.05) is 13.1 Å². The lowest BCUT2D eigenvalue weighted by Gasteiger charge is -2.17. The number of hydrogen-bond donors (Lipinski definition) is 0. The molecule has 2 heterocycles. The van der Waals surface area contributed by atoms with Crippen molar-refractivity contribution in [3.8, 4) is 11.1 Å². The van der Waals surface area contributed by atoms with E-state index < -0.39 is 10.0 Å². The van der Waals surface area contributed by atoms with Gasteiger partial charge in [-0.15, -0.1) is 5.10 Å². The standard InChI is InChI=1S/C18H16Cl2N4O2S/c19-17-6-3-14(11-18(17)20)13-1-4-16(5-2-13)27(25,26)23-9-7-15(12-23)24-10-8-21-22-24/h1-6,8,10-11,15H,7,9,12H2. The Labute approximate surface area is 167 Å². The van der Waals surface area contributed by atoms with Gasteiger partial charge >= 0.3 is 0 Å². The summed E-state index contributed by atoms with van der Waals surface area (Å²) in [5.74, 6) is 0. The summed E-state index contributed by atoms with van der Waals surface area (Å²) in [7, 11) is -3.55. The highest BCUT2D eigenvalue weighted by Crippen LogP contribution is 2.31. The van der Waals surface area contributed by atoms with E-state index in [1.807, 2.05) is 6.07 Å². The molecule has 4 rings (SSSR count). The molecule has 3 aromatic rings. The summed E-state index contributed by atoms with van der Waals surface area (Å²) in [5, 5.41) is 8.70. The molecule has 1 fully saturated rings. The van der Waals surface area contributed by atoms with Crippen LogP contribution in [-0.2, 0) is 10.0 Å². The number of sulfonamides is 1. The monoisotopic (exact) mass is 422 g/mol. The van der Waals surface area contributed by atoms with Crippen LogP contribution in [-0.4, -0.2) is 40.8 Å². The molecule has 2 aromatic carbocycles. The molecule has 1 unspecified atom stereocenters. The smallest absolute Gasteiger partial charge is 0.243 e. The van der Waals surface area contributed by atoms with Gasteiger partial charge < -0.3 is 0 Å². The highest BCUT2D eigenvalue weighted by molar-refractivity contribution is 7.89. The van der Waals surface area contributed by atoms with Crippen molar-refractivity contribution in [1.29, 1.82) is 0 Å². The molecule has 0 bridgehead atoms. The zero-order chi connectivity index (χ0) is 19.0. The summed E-state index contributed by atoms with van der Waals surface area (Å²) in [4.78, 5) is 0.269. The molecular formula is C18H16Cl2N4O2S. The van der Waals surface area contributed by atoms with E-state index in [1.54, 1.807) is 53.5 Å². The lowest BCUT2D eigenvalue weighted by Crippen LogP contribution is -2.29. The Morgan fingerprint density at radius 2 is 1.74 bits per heavy atom. The van der Waals surface area contributed by atoms with Crippen molar-refractivity contribution in [3.63, 3.8) is 0 Å². The van der Waals surface area contributed by atoms with E-state index in [1.165, 1.54) is 4.31 Å². The Balaban J connectivity index is 1.55. The molecule has 1 atom stereocenters. The number of rotatable bonds is 4. The van der Waals surface area contributed by atoms with E-state index in [9.17, 15) is 8.42 Å². The molecule has 1 aliphatic rings. The van der Waals surface area contributed by atoms with E-state index >= 15 is 0 Å². The minimum absolute atomic E-state index is 0.0118. The molecule has 140 valence electrons. The van der Waals surface area contributed by atoms with Crippen LogP contribution in [0.4, 0.5) is 0 Å². The average molecular weight is 423 g/mol. The largest absolute Gasteiger partial charge is 0.248 e. The Morgan fingerprint density at radius 3 is 2.41 bits per heavy atom. The molecule has 9 heteroatoms. The molecule has 1 aliphatic heterocycles. The summed E-state index contributed by atoms with van der Waals surface area (Å²) in [5.41, 5.74) is 1.75. The van der Waals surface area contributed by atoms with E-state index in [2.05, 4.69) is 10.3 Å². The number of aromatic nitrogens is 3. The van der Waals surface area contributed by atoms with Crippen LogP contribution in [0.5, 0.6) is 0 Å². The summed E-state index contributed by atoms with van der Waals surface area (Å²) < 4.78 is 29.1. The highest BCUT2D eigenvalue weighted by Gasteiger charge is 2.33. The second kappa shape index (κ2) is 7.24. The summed E-state index contributed by atoms with van der Waals surface area (Å²) >= 11 is 12.0. The van der Waals surface area contributed by atoms with Gasteiger partial charge in [-0.05, 0) is 41.8 Å². The first-order valence-corrected chi connectivity index (χ1v) is 10.6. The van der Waals surface area contributed by atoms with Crippen LogP contribution in [0.2, 0.25) is 10.0 Å². The second-order valence-electron chi connectivity index (χ2n) is 6.34. The minimum Gasteiger partial charge on any atom is -0.248 e. The summed E-state index contributed by atoms with van der Waals surface area (Å²) in [6, 6.07) is 12.1. The molecule has 0 radical (unpaired) electrons. The zero-order valence-corrected chi connectivity index (χ0v) is 16.5. The van der Waals surface area contributed by atoms with Crippen molar-refractivity contribution in [2.24, 2.45) is 0 Å². The lowest BCUT2D eigenvalue weighted by molar-refractivity contribution is 0.428. The van der Waals surface area contributed by atoms with Crippen LogP contribution in [0.25, 0.3) is 11.1 Å². The van der Waals surface area contributed by atoms with Crippen molar-refractivity contribution in [1.82, 2.24) is 19.3 Å². The molecular weight excluding hydrogens is 407 g/mol. The Bertz CT molecular complexity index is 1050. The van der Waals surface area contributed by atoms with Crippen LogP contribution >= 0.6 is 23.2 Å². The molecule has 6 nitrogen and oxygen atoms in total. The second-order valence-corrected chi connectivity index (χ2v) is 9.09. The van der Waals surface area contributed by atoms with E-state index in [-0.39, 0.29) is 10.9 Å². The summed E-state index contributed by atoms with van der Waals surface area (Å²) in [6.07, 6.45) is 4.07. The maximum atomic E-state index is 12.9. The molecule has 0 spiro atoms. The molecule has 27 heavy (non-hydrogen) atoms. The fraction of sp³-hybridized carbons (Fsp3) is 0.222. The van der Waals surface area contributed by atoms with Crippen LogP contribution < -0.4 is 0 Å². The fourth-order valence-electron chi connectivity index (χ4n) is 3.20. The van der Waals surface area contributed by atoms with Gasteiger partial charge in [-0.25, -0.2) is 13.1 Å². The number of hydrogen-bond acceptors (Lipinski definition) is 4. The third-order valence-corrected chi connectivity index (χ3v) is 7.30. The molecule has 1 saturated heterocycles. The Morgan fingerprint density at radius 1 is 1.00 bits per heavy atom. The normalized spacial score (nSPS) is 18.1. The van der Waals surface area contributed by atoms with E-state index in [0.717, 1.165) is 11.1 Å². The van der Waals surface area contributed by atoms with Crippen molar-refractivity contribution >= 4 is 33.2 Å². The number of benzene rings is 2. The first-order valence-electron chi connectivity index (χ1n) is 8.36. The molecule has 1 aromatic heterocycles. The van der Waals surface area contributed by atoms with Gasteiger partial charge in [-0.2, -0.15) is 4.31 Å². The number of nitrogens with zero attached hydrogens (tertiary/aromatic N) is 4. The minimum atomic E-state index is -3.55. The van der Waals surface area contributed by atoms with Gasteiger partial charge in [0.15, 0.2) is 0 Å². The van der Waals surface area contributed by atoms with E-state index in [4.69, 9.17) is 23.2 Å². The van der Waals surface area contributed by atoms with Crippen molar-refractivity contribution in [2.45, 2.75) is 17.4 Å². The SMILES string of the molecule is O=S(=O)(c1ccc(-c2ccc(Cl)c(Cl)c2)cc1)N1CCC(n2ccnn2)C1. The van der Waals surface area contributed by atoms with Crippen molar-refractivity contribution < 1.29 is 8.42 Å². The first kappa shape index (κ1) is 18.4. The van der Waals surface area contributed by atoms with Crippen LogP contribution in [0.3, 0.4) is 0 Å². The molecule has 0 aliphatic carbocycles. The maximum absolute atomic E-state index is 12.9. The Hall–Kier alpha value is -1.93. The van der Waals surface area contributed by atoms with Crippen molar-refractivity contribution in [3.05, 3.63) is 64.9 Å². The molecule has 0 saturated carbocycles. The van der Waals surface area contributed by atoms with Gasteiger partial charge in [-0.3, -0.25) is 0 Å². The molecule has 0 amide bonds. The topological polar surface area (TPSA) is 68.1 Å². The number of halogens is 2. The fourth-order valence-corrected chi connectivity index (χ4v) is 4.99. The lowest BCUT2D eigenvalue weighted by atomic mass is 10.1. The zero-order valence-electron chi connectivity index (χ0n) is 14.2. The summed E-state index contributed by atoms with van der Waals surface area (Å²) in [6.45, 7) is 0.849. The first-order chi connectivity index (χ1) is 12.9. The van der Waals surface area contributed by atoms with Gasteiger partial charge in [0.2, 0.25) is 10.0 Å². The highest BCUT2D eigenvalue weighted by atomic mass is 35.5. The van der Waals surface area contributed by atoms with Gasteiger partial charge in [0.05, 0.1) is 27.2 Å². The van der Waals surface area contributed by atoms with Crippen LogP contribution in [0.15, 0.2) is 59.8 Å². The van der Waals surface area contributed by atoms with Gasteiger partial charge in [-0.1, -0.05) is 46.6 Å².